The molecule has 0 amide bonds. The second-order valence-electron chi connectivity index (χ2n) is 4.89. The fourth-order valence-electron chi connectivity index (χ4n) is 1.85. The van der Waals surface area contributed by atoms with Gasteiger partial charge in [-0.05, 0) is 25.1 Å². The molecule has 0 bridgehead atoms. The maximum atomic E-state index is 11.4. The summed E-state index contributed by atoms with van der Waals surface area (Å²) in [7, 11) is 3.08. The first-order chi connectivity index (χ1) is 13.5. The van der Waals surface area contributed by atoms with Crippen LogP contribution in [0.15, 0.2) is 12.1 Å². The molecule has 28 heavy (non-hydrogen) atoms. The number of ether oxygens (including phenoxy) is 3. The number of methoxy groups -OCH3 is 2. The number of hydrogen-bond donors (Lipinski definition) is 2. The Morgan fingerprint density at radius 3 is 2.25 bits per heavy atom. The van der Waals surface area contributed by atoms with E-state index in [9.17, 15) is 4.79 Å². The largest absolute Gasteiger partial charge is 0.495 e. The van der Waals surface area contributed by atoms with Crippen LogP contribution in [0, 0.1) is 0 Å². The van der Waals surface area contributed by atoms with Crippen molar-refractivity contribution in [1.82, 2.24) is 5.32 Å². The molecule has 1 aromatic carbocycles. The lowest BCUT2D eigenvalue weighted by Crippen LogP contribution is -2.29. The molecule has 8 heteroatoms. The van der Waals surface area contributed by atoms with Gasteiger partial charge in [-0.15, -0.1) is 0 Å². The Labute approximate surface area is 180 Å². The molecule has 0 spiro atoms. The summed E-state index contributed by atoms with van der Waals surface area (Å²) in [5.41, 5.74) is 0.638. The molecule has 0 fully saturated rings. The maximum Gasteiger partial charge on any atom is 0.305 e. The zero-order valence-corrected chi connectivity index (χ0v) is 19.7. The molecule has 0 atom stereocenters. The lowest BCUT2D eigenvalue weighted by Gasteiger charge is -2.15. The van der Waals surface area contributed by atoms with Gasteiger partial charge in [-0.25, -0.2) is 0 Å². The number of anilines is 1. The lowest BCUT2D eigenvalue weighted by atomic mass is 10.2. The third kappa shape index (κ3) is 11.9. The third-order valence-corrected chi connectivity index (χ3v) is 3.57. The number of nitrogens with one attached hydrogen (secondary N) is 2. The van der Waals surface area contributed by atoms with Crippen molar-refractivity contribution in [2.45, 2.75) is 53.9 Å². The van der Waals surface area contributed by atoms with Gasteiger partial charge < -0.3 is 24.8 Å². The van der Waals surface area contributed by atoms with Gasteiger partial charge in [-0.2, -0.15) is 0 Å². The van der Waals surface area contributed by atoms with E-state index in [-0.39, 0.29) is 5.97 Å². The van der Waals surface area contributed by atoms with Crippen LogP contribution in [0.2, 0.25) is 5.02 Å². The van der Waals surface area contributed by atoms with E-state index in [1.807, 2.05) is 34.6 Å². The van der Waals surface area contributed by atoms with Gasteiger partial charge in [0.1, 0.15) is 11.5 Å². The van der Waals surface area contributed by atoms with Crippen molar-refractivity contribution in [2.75, 3.05) is 32.7 Å². The number of halogens is 1. The van der Waals surface area contributed by atoms with E-state index in [4.69, 9.17) is 38.0 Å². The zero-order chi connectivity index (χ0) is 21.9. The molecular weight excluding hydrogens is 400 g/mol. The summed E-state index contributed by atoms with van der Waals surface area (Å²) in [6.07, 6.45) is 1.81. The standard InChI is InChI=1S/C16H23ClN2O4S.2C2H6/c1-4-8-23-15(20)6-5-7-18-16(24)19-12-10-13(21-2)11(17)9-14(12)22-3;2*1-2/h9-10H,4-8H2,1-3H3,(H2,18,19,24);2*1-2H3. The predicted octanol–water partition coefficient (Wildman–Crippen LogP) is 5.43. The van der Waals surface area contributed by atoms with Crippen LogP contribution in [0.1, 0.15) is 53.9 Å². The summed E-state index contributed by atoms with van der Waals surface area (Å²) >= 11 is 11.3. The average molecular weight is 435 g/mol. The second-order valence-corrected chi connectivity index (χ2v) is 5.71. The van der Waals surface area contributed by atoms with Crippen LogP contribution in [0.4, 0.5) is 5.69 Å². The highest BCUT2D eigenvalue weighted by molar-refractivity contribution is 7.80. The number of rotatable bonds is 9. The molecule has 0 saturated carbocycles. The molecule has 0 saturated heterocycles. The third-order valence-electron chi connectivity index (χ3n) is 3.03. The Hall–Kier alpha value is -1.73. The van der Waals surface area contributed by atoms with Crippen molar-refractivity contribution >= 4 is 40.6 Å². The van der Waals surface area contributed by atoms with Gasteiger partial charge in [-0.1, -0.05) is 46.2 Å². The van der Waals surface area contributed by atoms with Crippen LogP contribution in [0.25, 0.3) is 0 Å². The number of hydrogen-bond acceptors (Lipinski definition) is 5. The minimum atomic E-state index is -0.193. The maximum absolute atomic E-state index is 11.4. The van der Waals surface area contributed by atoms with E-state index in [2.05, 4.69) is 10.6 Å². The molecule has 0 heterocycles. The molecule has 0 aromatic heterocycles. The quantitative estimate of drug-likeness (QED) is 0.305. The smallest absolute Gasteiger partial charge is 0.305 e. The molecule has 1 rings (SSSR count). The van der Waals surface area contributed by atoms with Crippen molar-refractivity contribution < 1.29 is 19.0 Å². The summed E-state index contributed by atoms with van der Waals surface area (Å²) in [5, 5.41) is 6.92. The van der Waals surface area contributed by atoms with Crippen LogP contribution < -0.4 is 20.1 Å². The first kappa shape index (κ1) is 28.5. The predicted molar refractivity (Wildman–Crippen MR) is 122 cm³/mol. The summed E-state index contributed by atoms with van der Waals surface area (Å²) in [6.45, 7) is 11.0. The van der Waals surface area contributed by atoms with Gasteiger partial charge in [0.05, 0.1) is 31.5 Å². The molecule has 1 aromatic rings. The Morgan fingerprint density at radius 2 is 1.71 bits per heavy atom. The fraction of sp³-hybridized carbons (Fsp3) is 0.600. The number of esters is 1. The molecule has 0 aliphatic rings. The summed E-state index contributed by atoms with van der Waals surface area (Å²) < 4.78 is 15.5. The normalized spacial score (nSPS) is 9.00. The van der Waals surface area contributed by atoms with Gasteiger partial charge in [-0.3, -0.25) is 4.79 Å². The minimum Gasteiger partial charge on any atom is -0.495 e. The van der Waals surface area contributed by atoms with E-state index in [1.165, 1.54) is 7.11 Å². The lowest BCUT2D eigenvalue weighted by molar-refractivity contribution is -0.143. The van der Waals surface area contributed by atoms with Crippen molar-refractivity contribution in [2.24, 2.45) is 0 Å². The first-order valence-electron chi connectivity index (χ1n) is 9.63. The number of carbonyl (C=O) groups is 1. The van der Waals surface area contributed by atoms with E-state index >= 15 is 0 Å². The van der Waals surface area contributed by atoms with Crippen molar-refractivity contribution in [3.8, 4) is 11.5 Å². The first-order valence-corrected chi connectivity index (χ1v) is 10.4. The van der Waals surface area contributed by atoms with Crippen molar-refractivity contribution in [1.29, 1.82) is 0 Å². The molecule has 6 nitrogen and oxygen atoms in total. The van der Waals surface area contributed by atoms with Crippen molar-refractivity contribution in [3.05, 3.63) is 17.2 Å². The van der Waals surface area contributed by atoms with Gasteiger partial charge in [0, 0.05) is 25.1 Å². The molecular formula is C20H35ClN2O4S. The Bertz CT molecular complexity index is 571. The molecule has 0 aliphatic carbocycles. The SMILES string of the molecule is CC.CC.CCCOC(=O)CCCNC(=S)Nc1cc(OC)c(Cl)cc1OC. The van der Waals surface area contributed by atoms with Gasteiger partial charge in [0.15, 0.2) is 5.11 Å². The summed E-state index contributed by atoms with van der Waals surface area (Å²) in [6, 6.07) is 3.35. The van der Waals surface area contributed by atoms with Crippen LogP contribution in [-0.2, 0) is 9.53 Å². The Morgan fingerprint density at radius 1 is 1.11 bits per heavy atom. The monoisotopic (exact) mass is 434 g/mol. The molecule has 162 valence electrons. The number of benzene rings is 1. The molecule has 2 N–H and O–H groups in total. The molecule has 0 aliphatic heterocycles. The van der Waals surface area contributed by atoms with Crippen LogP contribution in [0.3, 0.4) is 0 Å². The van der Waals surface area contributed by atoms with Gasteiger partial charge >= 0.3 is 5.97 Å². The van der Waals surface area contributed by atoms with E-state index in [0.717, 1.165) is 6.42 Å². The number of thiocarbonyl (C=S) groups is 1. The zero-order valence-electron chi connectivity index (χ0n) is 18.1. The van der Waals surface area contributed by atoms with E-state index < -0.39 is 0 Å². The Balaban J connectivity index is 0. The fourth-order valence-corrected chi connectivity index (χ4v) is 2.29. The summed E-state index contributed by atoms with van der Waals surface area (Å²) in [5.74, 6) is 0.871. The van der Waals surface area contributed by atoms with Gasteiger partial charge in [0.2, 0.25) is 0 Å². The highest BCUT2D eigenvalue weighted by Crippen LogP contribution is 2.35. The highest BCUT2D eigenvalue weighted by atomic mass is 35.5. The Kier molecular flexibility index (Phi) is 18.9. The number of carbonyl (C=O) groups excluding carboxylic acids is 1. The molecule has 0 unspecified atom stereocenters. The second kappa shape index (κ2) is 18.6. The highest BCUT2D eigenvalue weighted by Gasteiger charge is 2.11. The molecule has 0 radical (unpaired) electrons. The topological polar surface area (TPSA) is 68.8 Å². The van der Waals surface area contributed by atoms with Crippen molar-refractivity contribution in [3.63, 3.8) is 0 Å². The van der Waals surface area contributed by atoms with Crippen LogP contribution in [0.5, 0.6) is 11.5 Å². The van der Waals surface area contributed by atoms with Crippen LogP contribution in [-0.4, -0.2) is 38.5 Å². The van der Waals surface area contributed by atoms with E-state index in [1.54, 1.807) is 19.2 Å². The average Bonchev–Trinajstić information content (AvgIpc) is 2.73. The summed E-state index contributed by atoms with van der Waals surface area (Å²) in [4.78, 5) is 11.4. The van der Waals surface area contributed by atoms with E-state index in [0.29, 0.717) is 53.3 Å². The minimum absolute atomic E-state index is 0.193. The van der Waals surface area contributed by atoms with Crippen LogP contribution >= 0.6 is 23.8 Å². The van der Waals surface area contributed by atoms with Gasteiger partial charge in [0.25, 0.3) is 0 Å².